The van der Waals surface area contributed by atoms with Crippen LogP contribution in [0.5, 0.6) is 0 Å². The molecule has 1 aromatic carbocycles. The molecule has 0 aliphatic heterocycles. The van der Waals surface area contributed by atoms with E-state index in [0.29, 0.717) is 24.9 Å². The maximum Gasteiger partial charge on any atom is 0.224 e. The van der Waals surface area contributed by atoms with Crippen LogP contribution in [0.3, 0.4) is 0 Å². The zero-order valence-corrected chi connectivity index (χ0v) is 14.7. The number of benzene rings is 1. The van der Waals surface area contributed by atoms with Crippen molar-refractivity contribution >= 4 is 22.8 Å². The number of nitrogens with zero attached hydrogens (tertiary/aromatic N) is 4. The normalized spacial score (nSPS) is 10.8. The number of rotatable bonds is 6. The molecule has 0 saturated heterocycles. The maximum atomic E-state index is 12.2. The smallest absolute Gasteiger partial charge is 0.224 e. The van der Waals surface area contributed by atoms with Gasteiger partial charge in [0, 0.05) is 30.9 Å². The summed E-state index contributed by atoms with van der Waals surface area (Å²) in [7, 11) is 0. The van der Waals surface area contributed by atoms with Crippen molar-refractivity contribution in [1.82, 2.24) is 19.5 Å². The van der Waals surface area contributed by atoms with Gasteiger partial charge in [-0.05, 0) is 42.8 Å². The summed E-state index contributed by atoms with van der Waals surface area (Å²) in [5.41, 5.74) is 3.42. The standard InChI is InChI=1S/C21H19N5O/c27-20(24-16-7-5-13-22-15-16)12-4-11-19-25-18-10-6-14-23-21(18)26(19)17-8-2-1-3-9-17/h1-3,5-10,13-15H,4,11-12H2,(H,24,27). The fourth-order valence-corrected chi connectivity index (χ4v) is 3.04. The van der Waals surface area contributed by atoms with Crippen molar-refractivity contribution in [3.05, 3.63) is 79.0 Å². The Balaban J connectivity index is 1.50. The first-order chi connectivity index (χ1) is 13.3. The van der Waals surface area contributed by atoms with Crippen molar-refractivity contribution in [1.29, 1.82) is 0 Å². The van der Waals surface area contributed by atoms with E-state index in [1.807, 2.05) is 48.5 Å². The third kappa shape index (κ3) is 3.84. The van der Waals surface area contributed by atoms with Gasteiger partial charge in [-0.2, -0.15) is 0 Å². The van der Waals surface area contributed by atoms with Crippen LogP contribution in [-0.4, -0.2) is 25.4 Å². The van der Waals surface area contributed by atoms with Gasteiger partial charge >= 0.3 is 0 Å². The van der Waals surface area contributed by atoms with Crippen LogP contribution in [0.4, 0.5) is 5.69 Å². The Morgan fingerprint density at radius 1 is 1.00 bits per heavy atom. The molecule has 0 saturated carbocycles. The molecule has 0 aliphatic rings. The van der Waals surface area contributed by atoms with Crippen molar-refractivity contribution < 1.29 is 4.79 Å². The number of aromatic nitrogens is 4. The number of aryl methyl sites for hydroxylation is 1. The molecule has 6 heteroatoms. The number of amides is 1. The lowest BCUT2D eigenvalue weighted by Crippen LogP contribution is -2.12. The largest absolute Gasteiger partial charge is 0.325 e. The molecule has 1 N–H and O–H groups in total. The van der Waals surface area contributed by atoms with Crippen LogP contribution in [0.2, 0.25) is 0 Å². The van der Waals surface area contributed by atoms with Crippen LogP contribution in [0.15, 0.2) is 73.2 Å². The molecular weight excluding hydrogens is 338 g/mol. The molecular formula is C21H19N5O. The van der Waals surface area contributed by atoms with Crippen LogP contribution in [-0.2, 0) is 11.2 Å². The monoisotopic (exact) mass is 357 g/mol. The molecule has 4 rings (SSSR count). The number of para-hydroxylation sites is 1. The lowest BCUT2D eigenvalue weighted by atomic mass is 10.2. The van der Waals surface area contributed by atoms with Crippen LogP contribution in [0.25, 0.3) is 16.9 Å². The molecule has 6 nitrogen and oxygen atoms in total. The highest BCUT2D eigenvalue weighted by molar-refractivity contribution is 5.90. The molecule has 3 heterocycles. The predicted molar refractivity (Wildman–Crippen MR) is 105 cm³/mol. The molecule has 0 radical (unpaired) electrons. The molecule has 0 bridgehead atoms. The summed E-state index contributed by atoms with van der Waals surface area (Å²) in [5.74, 6) is 0.882. The second-order valence-corrected chi connectivity index (χ2v) is 6.19. The Labute approximate surface area is 156 Å². The topological polar surface area (TPSA) is 72.7 Å². The predicted octanol–water partition coefficient (Wildman–Crippen LogP) is 3.78. The van der Waals surface area contributed by atoms with Gasteiger partial charge in [0.15, 0.2) is 5.65 Å². The zero-order valence-electron chi connectivity index (χ0n) is 14.7. The van der Waals surface area contributed by atoms with Gasteiger partial charge in [-0.25, -0.2) is 9.97 Å². The number of nitrogens with one attached hydrogen (secondary N) is 1. The van der Waals surface area contributed by atoms with Crippen molar-refractivity contribution in [3.63, 3.8) is 0 Å². The van der Waals surface area contributed by atoms with E-state index in [9.17, 15) is 4.79 Å². The number of carbonyl (C=O) groups excluding carboxylic acids is 1. The van der Waals surface area contributed by atoms with Crippen LogP contribution < -0.4 is 5.32 Å². The number of hydrogen-bond acceptors (Lipinski definition) is 4. The van der Waals surface area contributed by atoms with Crippen molar-refractivity contribution in [3.8, 4) is 5.69 Å². The number of hydrogen-bond donors (Lipinski definition) is 1. The number of fused-ring (bicyclic) bond motifs is 1. The Hall–Kier alpha value is -3.54. The number of imidazole rings is 1. The Morgan fingerprint density at radius 2 is 1.85 bits per heavy atom. The van der Waals surface area contributed by atoms with E-state index in [1.54, 1.807) is 24.7 Å². The second kappa shape index (κ2) is 7.78. The van der Waals surface area contributed by atoms with E-state index in [4.69, 9.17) is 4.98 Å². The molecule has 4 aromatic rings. The van der Waals surface area contributed by atoms with Gasteiger partial charge in [0.1, 0.15) is 11.3 Å². The lowest BCUT2D eigenvalue weighted by Gasteiger charge is -2.09. The first-order valence-corrected chi connectivity index (χ1v) is 8.89. The average molecular weight is 357 g/mol. The van der Waals surface area contributed by atoms with Gasteiger partial charge in [0.25, 0.3) is 0 Å². The molecule has 0 atom stereocenters. The summed E-state index contributed by atoms with van der Waals surface area (Å²) in [4.78, 5) is 25.4. The first kappa shape index (κ1) is 16.9. The third-order valence-corrected chi connectivity index (χ3v) is 4.25. The fraction of sp³-hybridized carbons (Fsp3) is 0.143. The number of anilines is 1. The van der Waals surface area contributed by atoms with Crippen LogP contribution in [0.1, 0.15) is 18.7 Å². The molecule has 0 spiro atoms. The molecule has 0 fully saturated rings. The highest BCUT2D eigenvalue weighted by Crippen LogP contribution is 2.21. The molecule has 1 amide bonds. The Morgan fingerprint density at radius 3 is 2.67 bits per heavy atom. The maximum absolute atomic E-state index is 12.2. The van der Waals surface area contributed by atoms with Crippen molar-refractivity contribution in [2.24, 2.45) is 0 Å². The van der Waals surface area contributed by atoms with Gasteiger partial charge < -0.3 is 5.32 Å². The van der Waals surface area contributed by atoms with E-state index in [-0.39, 0.29) is 5.91 Å². The summed E-state index contributed by atoms with van der Waals surface area (Å²) in [5, 5.41) is 2.86. The summed E-state index contributed by atoms with van der Waals surface area (Å²) in [6.45, 7) is 0. The average Bonchev–Trinajstić information content (AvgIpc) is 3.07. The SMILES string of the molecule is O=C(CCCc1nc2cccnc2n1-c1ccccc1)Nc1cccnc1. The van der Waals surface area contributed by atoms with Crippen LogP contribution >= 0.6 is 0 Å². The van der Waals surface area contributed by atoms with Gasteiger partial charge in [-0.1, -0.05) is 18.2 Å². The summed E-state index contributed by atoms with van der Waals surface area (Å²) in [6, 6.07) is 17.5. The minimum atomic E-state index is -0.0245. The summed E-state index contributed by atoms with van der Waals surface area (Å²) in [6.07, 6.45) is 6.89. The fourth-order valence-electron chi connectivity index (χ4n) is 3.04. The minimum Gasteiger partial charge on any atom is -0.325 e. The molecule has 0 unspecified atom stereocenters. The summed E-state index contributed by atoms with van der Waals surface area (Å²) >= 11 is 0. The van der Waals surface area contributed by atoms with Gasteiger partial charge in [-0.3, -0.25) is 14.3 Å². The van der Waals surface area contributed by atoms with Crippen LogP contribution in [0, 0.1) is 0 Å². The van der Waals surface area contributed by atoms with E-state index in [0.717, 1.165) is 22.7 Å². The van der Waals surface area contributed by atoms with Crippen molar-refractivity contribution in [2.75, 3.05) is 5.32 Å². The second-order valence-electron chi connectivity index (χ2n) is 6.19. The number of pyridine rings is 2. The Kier molecular flexibility index (Phi) is 4.87. The van der Waals surface area contributed by atoms with Gasteiger partial charge in [-0.15, -0.1) is 0 Å². The lowest BCUT2D eigenvalue weighted by molar-refractivity contribution is -0.116. The molecule has 134 valence electrons. The van der Waals surface area contributed by atoms with E-state index >= 15 is 0 Å². The first-order valence-electron chi connectivity index (χ1n) is 8.89. The van der Waals surface area contributed by atoms with E-state index < -0.39 is 0 Å². The highest BCUT2D eigenvalue weighted by Gasteiger charge is 2.13. The quantitative estimate of drug-likeness (QED) is 0.570. The van der Waals surface area contributed by atoms with Gasteiger partial charge in [0.2, 0.25) is 5.91 Å². The number of carbonyl (C=O) groups is 1. The molecule has 27 heavy (non-hydrogen) atoms. The van der Waals surface area contributed by atoms with E-state index in [1.165, 1.54) is 0 Å². The minimum absolute atomic E-state index is 0.0245. The summed E-state index contributed by atoms with van der Waals surface area (Å²) < 4.78 is 2.06. The van der Waals surface area contributed by atoms with Crippen molar-refractivity contribution in [2.45, 2.75) is 19.3 Å². The van der Waals surface area contributed by atoms with E-state index in [2.05, 4.69) is 19.9 Å². The molecule has 0 aliphatic carbocycles. The third-order valence-electron chi connectivity index (χ3n) is 4.25. The highest BCUT2D eigenvalue weighted by atomic mass is 16.1. The Bertz CT molecular complexity index is 1040. The molecule has 3 aromatic heterocycles. The zero-order chi connectivity index (χ0) is 18.5. The van der Waals surface area contributed by atoms with Gasteiger partial charge in [0.05, 0.1) is 11.9 Å².